The van der Waals surface area contributed by atoms with E-state index in [0.717, 1.165) is 22.0 Å². The Hall–Kier alpha value is -2.73. The monoisotopic (exact) mass is 356 g/mol. The lowest BCUT2D eigenvalue weighted by molar-refractivity contribution is 0.726. The van der Waals surface area contributed by atoms with Crippen LogP contribution in [0.3, 0.4) is 0 Å². The third kappa shape index (κ3) is 2.57. The van der Waals surface area contributed by atoms with Gasteiger partial charge in [0.25, 0.3) is 0 Å². The van der Waals surface area contributed by atoms with Crippen LogP contribution in [-0.2, 0) is 0 Å². The summed E-state index contributed by atoms with van der Waals surface area (Å²) in [7, 11) is 0. The van der Waals surface area contributed by atoms with Gasteiger partial charge in [-0.15, -0.1) is 0 Å². The summed E-state index contributed by atoms with van der Waals surface area (Å²) in [4.78, 5) is 9.84. The van der Waals surface area contributed by atoms with E-state index in [1.54, 1.807) is 11.9 Å². The van der Waals surface area contributed by atoms with Crippen molar-refractivity contribution in [2.75, 3.05) is 0 Å². The lowest BCUT2D eigenvalue weighted by Gasteiger charge is -2.10. The zero-order valence-electron chi connectivity index (χ0n) is 13.9. The van der Waals surface area contributed by atoms with Crippen LogP contribution < -0.4 is 10.5 Å². The molecule has 4 nitrogen and oxygen atoms in total. The summed E-state index contributed by atoms with van der Waals surface area (Å²) in [6.45, 7) is 0. The molecule has 0 radical (unpaired) electrons. The summed E-state index contributed by atoms with van der Waals surface area (Å²) >= 11 is 1.59. The molecular weight excluding hydrogens is 340 g/mol. The van der Waals surface area contributed by atoms with Gasteiger partial charge in [-0.1, -0.05) is 18.2 Å². The molecule has 0 amide bonds. The molecule has 0 aliphatic carbocycles. The van der Waals surface area contributed by atoms with E-state index in [1.807, 2.05) is 30.7 Å². The Balaban J connectivity index is 1.66. The van der Waals surface area contributed by atoms with Crippen LogP contribution in [0.15, 0.2) is 78.1 Å². The highest BCUT2D eigenvalue weighted by atomic mass is 32.2. The molecule has 0 saturated heterocycles. The molecule has 3 N–H and O–H groups in total. The SMILES string of the molecule is NC1NSc2cc(-c3ccc4nccc(-c5ccncc5)c4c3)ccc21. The standard InChI is InChI=1S/C21H16N4S/c22-21-17-3-1-15(12-20(17)26-25-21)14-2-4-19-18(11-14)16(7-10-24-19)13-5-8-23-9-6-13/h1-12,21,25H,22H2. The number of rotatable bonds is 2. The minimum Gasteiger partial charge on any atom is -0.311 e. The lowest BCUT2D eigenvalue weighted by atomic mass is 9.97. The normalized spacial score (nSPS) is 16.0. The Morgan fingerprint density at radius 3 is 2.54 bits per heavy atom. The minimum atomic E-state index is -0.0943. The predicted molar refractivity (Wildman–Crippen MR) is 106 cm³/mol. The highest BCUT2D eigenvalue weighted by Gasteiger charge is 2.19. The van der Waals surface area contributed by atoms with Gasteiger partial charge in [-0.05, 0) is 76.2 Å². The summed E-state index contributed by atoms with van der Waals surface area (Å²) in [6.07, 6.45) is 5.40. The van der Waals surface area contributed by atoms with Gasteiger partial charge in [0.1, 0.15) is 0 Å². The van der Waals surface area contributed by atoms with E-state index >= 15 is 0 Å². The molecule has 0 saturated carbocycles. The first kappa shape index (κ1) is 15.5. The van der Waals surface area contributed by atoms with E-state index in [4.69, 9.17) is 5.73 Å². The van der Waals surface area contributed by atoms with Gasteiger partial charge < -0.3 is 5.73 Å². The average Bonchev–Trinajstić information content (AvgIpc) is 3.08. The fraction of sp³-hybridized carbons (Fsp3) is 0.0476. The minimum absolute atomic E-state index is 0.0943. The van der Waals surface area contributed by atoms with Gasteiger partial charge in [-0.25, -0.2) is 4.72 Å². The number of pyridine rings is 2. The molecule has 2 aromatic carbocycles. The predicted octanol–water partition coefficient (Wildman–Crippen LogP) is 4.53. The van der Waals surface area contributed by atoms with Crippen molar-refractivity contribution < 1.29 is 0 Å². The van der Waals surface area contributed by atoms with Crippen molar-refractivity contribution >= 4 is 22.9 Å². The Morgan fingerprint density at radius 1 is 0.846 bits per heavy atom. The van der Waals surface area contributed by atoms with Crippen LogP contribution in [0.2, 0.25) is 0 Å². The molecule has 26 heavy (non-hydrogen) atoms. The Morgan fingerprint density at radius 2 is 1.65 bits per heavy atom. The summed E-state index contributed by atoms with van der Waals surface area (Å²) < 4.78 is 3.20. The summed E-state index contributed by atoms with van der Waals surface area (Å²) in [5, 5.41) is 1.14. The molecule has 4 aromatic rings. The molecule has 0 bridgehead atoms. The smallest absolute Gasteiger partial charge is 0.0916 e. The van der Waals surface area contributed by atoms with Crippen LogP contribution in [0.25, 0.3) is 33.2 Å². The summed E-state index contributed by atoms with van der Waals surface area (Å²) in [5.41, 5.74) is 12.8. The second-order valence-electron chi connectivity index (χ2n) is 6.28. The molecule has 1 aliphatic rings. The van der Waals surface area contributed by atoms with E-state index in [9.17, 15) is 0 Å². The number of hydrogen-bond donors (Lipinski definition) is 2. The van der Waals surface area contributed by atoms with Gasteiger partial charge in [-0.2, -0.15) is 0 Å². The first-order chi connectivity index (χ1) is 12.8. The Kier molecular flexibility index (Phi) is 3.71. The number of aromatic nitrogens is 2. The number of hydrogen-bond acceptors (Lipinski definition) is 5. The molecule has 3 heterocycles. The van der Waals surface area contributed by atoms with Gasteiger partial charge in [0.2, 0.25) is 0 Å². The van der Waals surface area contributed by atoms with Crippen LogP contribution in [-0.4, -0.2) is 9.97 Å². The molecule has 1 atom stereocenters. The van der Waals surface area contributed by atoms with Crippen molar-refractivity contribution in [1.82, 2.24) is 14.7 Å². The lowest BCUT2D eigenvalue weighted by Crippen LogP contribution is -2.17. The van der Waals surface area contributed by atoms with Crippen molar-refractivity contribution in [1.29, 1.82) is 0 Å². The maximum atomic E-state index is 6.05. The number of fused-ring (bicyclic) bond motifs is 2. The summed E-state index contributed by atoms with van der Waals surface area (Å²) in [6, 6.07) is 19.0. The van der Waals surface area contributed by atoms with E-state index in [2.05, 4.69) is 57.2 Å². The average molecular weight is 356 g/mol. The first-order valence-electron chi connectivity index (χ1n) is 8.41. The van der Waals surface area contributed by atoms with Crippen molar-refractivity contribution in [2.24, 2.45) is 5.73 Å². The maximum absolute atomic E-state index is 6.05. The first-order valence-corrected chi connectivity index (χ1v) is 9.23. The number of nitrogens with two attached hydrogens (primary N) is 1. The van der Waals surface area contributed by atoms with Crippen molar-refractivity contribution in [3.63, 3.8) is 0 Å². The van der Waals surface area contributed by atoms with Gasteiger partial charge in [-0.3, -0.25) is 9.97 Å². The number of nitrogens with zero attached hydrogens (tertiary/aromatic N) is 2. The van der Waals surface area contributed by atoms with E-state index < -0.39 is 0 Å². The molecule has 5 rings (SSSR count). The molecular formula is C21H16N4S. The van der Waals surface area contributed by atoms with Crippen LogP contribution in [0, 0.1) is 0 Å². The molecule has 5 heteroatoms. The quantitative estimate of drug-likeness (QED) is 0.517. The maximum Gasteiger partial charge on any atom is 0.0916 e. The van der Waals surface area contributed by atoms with Crippen LogP contribution >= 0.6 is 11.9 Å². The van der Waals surface area contributed by atoms with Gasteiger partial charge in [0.15, 0.2) is 0 Å². The molecule has 0 fully saturated rings. The highest BCUT2D eigenvalue weighted by molar-refractivity contribution is 7.97. The molecule has 1 aliphatic heterocycles. The Labute approximate surface area is 155 Å². The fourth-order valence-electron chi connectivity index (χ4n) is 3.36. The van der Waals surface area contributed by atoms with E-state index in [0.29, 0.717) is 0 Å². The van der Waals surface area contributed by atoms with Crippen molar-refractivity contribution in [3.8, 4) is 22.3 Å². The van der Waals surface area contributed by atoms with E-state index in [-0.39, 0.29) is 6.17 Å². The second kappa shape index (κ2) is 6.21. The summed E-state index contributed by atoms with van der Waals surface area (Å²) in [5.74, 6) is 0. The van der Waals surface area contributed by atoms with Gasteiger partial charge >= 0.3 is 0 Å². The van der Waals surface area contributed by atoms with Gasteiger partial charge in [0.05, 0.1) is 11.7 Å². The molecule has 126 valence electrons. The largest absolute Gasteiger partial charge is 0.311 e. The zero-order chi connectivity index (χ0) is 17.5. The van der Waals surface area contributed by atoms with Crippen LogP contribution in [0.5, 0.6) is 0 Å². The van der Waals surface area contributed by atoms with Crippen LogP contribution in [0.4, 0.5) is 0 Å². The molecule has 2 aromatic heterocycles. The van der Waals surface area contributed by atoms with Crippen LogP contribution in [0.1, 0.15) is 11.7 Å². The molecule has 1 unspecified atom stereocenters. The fourth-order valence-corrected chi connectivity index (χ4v) is 4.24. The highest BCUT2D eigenvalue weighted by Crippen LogP contribution is 2.37. The second-order valence-corrected chi connectivity index (χ2v) is 7.16. The third-order valence-corrected chi connectivity index (χ3v) is 5.66. The number of benzene rings is 2. The topological polar surface area (TPSA) is 63.8 Å². The van der Waals surface area contributed by atoms with E-state index in [1.165, 1.54) is 21.6 Å². The third-order valence-electron chi connectivity index (χ3n) is 4.71. The number of nitrogens with one attached hydrogen (secondary N) is 1. The Bertz CT molecular complexity index is 1110. The van der Waals surface area contributed by atoms with Crippen molar-refractivity contribution in [2.45, 2.75) is 11.1 Å². The van der Waals surface area contributed by atoms with Gasteiger partial charge in [0, 0.05) is 28.9 Å². The zero-order valence-corrected chi connectivity index (χ0v) is 14.7. The van der Waals surface area contributed by atoms with Crippen molar-refractivity contribution in [3.05, 3.63) is 78.8 Å². The molecule has 0 spiro atoms.